The molecule has 0 bridgehead atoms. The number of hydrogen-bond donors (Lipinski definition) is 1. The minimum atomic E-state index is -0.0904. The molecule has 0 radical (unpaired) electrons. The number of likely N-dealkylation sites (tertiary alicyclic amines) is 1. The Kier molecular flexibility index (Phi) is 5.83. The molecule has 3 rings (SSSR count). The maximum Gasteiger partial charge on any atom is 0.314 e. The van der Waals surface area contributed by atoms with E-state index in [9.17, 15) is 4.79 Å². The Labute approximate surface area is 158 Å². The number of nitrogens with one attached hydrogen (secondary N) is 1. The summed E-state index contributed by atoms with van der Waals surface area (Å²) in [7, 11) is 0. The predicted molar refractivity (Wildman–Crippen MR) is 99.7 cm³/mol. The molecule has 8 heteroatoms. The van der Waals surface area contributed by atoms with Gasteiger partial charge in [-0.25, -0.2) is 0 Å². The Bertz CT molecular complexity index is 844. The molecule has 2 aromatic rings. The average Bonchev–Trinajstić information content (AvgIpc) is 2.98. The van der Waals surface area contributed by atoms with E-state index >= 15 is 0 Å². The van der Waals surface area contributed by atoms with Crippen molar-refractivity contribution in [3.05, 3.63) is 34.1 Å². The molecule has 1 fully saturated rings. The van der Waals surface area contributed by atoms with Crippen LogP contribution in [0.4, 0.5) is 0 Å². The Morgan fingerprint density at radius 2 is 2.19 bits per heavy atom. The summed E-state index contributed by atoms with van der Waals surface area (Å²) in [5.74, 6) is -0.130. The van der Waals surface area contributed by atoms with Crippen molar-refractivity contribution in [3.63, 3.8) is 0 Å². The van der Waals surface area contributed by atoms with Crippen molar-refractivity contribution in [2.24, 2.45) is 5.92 Å². The van der Waals surface area contributed by atoms with E-state index in [4.69, 9.17) is 17.0 Å². The van der Waals surface area contributed by atoms with E-state index < -0.39 is 0 Å². The molecule has 0 amide bonds. The highest BCUT2D eigenvalue weighted by molar-refractivity contribution is 7.71. The van der Waals surface area contributed by atoms with Gasteiger partial charge in [-0.15, -0.1) is 0 Å². The lowest BCUT2D eigenvalue weighted by Gasteiger charge is -2.28. The van der Waals surface area contributed by atoms with Crippen LogP contribution in [-0.2, 0) is 16.2 Å². The number of tetrazole rings is 1. The lowest BCUT2D eigenvalue weighted by Crippen LogP contribution is -3.13. The van der Waals surface area contributed by atoms with Crippen LogP contribution in [0.2, 0.25) is 0 Å². The molecule has 2 atom stereocenters. The maximum atomic E-state index is 12.0. The van der Waals surface area contributed by atoms with Crippen LogP contribution in [0.5, 0.6) is 0 Å². The van der Waals surface area contributed by atoms with Crippen LogP contribution in [0.15, 0.2) is 18.2 Å². The Morgan fingerprint density at radius 3 is 2.96 bits per heavy atom. The number of esters is 1. The number of carbonyl (C=O) groups excluding carboxylic acids is 1. The van der Waals surface area contributed by atoms with Gasteiger partial charge in [0.2, 0.25) is 4.77 Å². The molecule has 0 aliphatic carbocycles. The van der Waals surface area contributed by atoms with Crippen LogP contribution in [0.3, 0.4) is 0 Å². The molecule has 0 saturated carbocycles. The number of ether oxygens (including phenoxy) is 1. The minimum Gasteiger partial charge on any atom is -0.466 e. The molecule has 1 unspecified atom stereocenters. The number of rotatable bonds is 5. The first-order valence-corrected chi connectivity index (χ1v) is 9.51. The summed E-state index contributed by atoms with van der Waals surface area (Å²) in [4.78, 5) is 13.3. The summed E-state index contributed by atoms with van der Waals surface area (Å²) in [5.41, 5.74) is 3.29. The first-order chi connectivity index (χ1) is 12.5. The van der Waals surface area contributed by atoms with Gasteiger partial charge >= 0.3 is 5.97 Å². The normalized spacial score (nSPS) is 20.1. The van der Waals surface area contributed by atoms with Gasteiger partial charge in [-0.1, -0.05) is 12.1 Å². The lowest BCUT2D eigenvalue weighted by atomic mass is 9.99. The van der Waals surface area contributed by atoms with Crippen molar-refractivity contribution in [1.82, 2.24) is 19.8 Å². The van der Waals surface area contributed by atoms with E-state index in [-0.39, 0.29) is 11.9 Å². The highest BCUT2D eigenvalue weighted by Gasteiger charge is 2.30. The van der Waals surface area contributed by atoms with E-state index in [0.29, 0.717) is 18.0 Å². The van der Waals surface area contributed by atoms with E-state index in [1.807, 2.05) is 19.1 Å². The molecule has 1 aromatic carbocycles. The fraction of sp³-hybridized carbons (Fsp3) is 0.556. The Balaban J connectivity index is 1.75. The molecule has 1 aromatic heterocycles. The number of benzene rings is 1. The topological polar surface area (TPSA) is 66.4 Å². The fourth-order valence-corrected chi connectivity index (χ4v) is 3.69. The molecule has 7 nitrogen and oxygen atoms in total. The summed E-state index contributed by atoms with van der Waals surface area (Å²) >= 11 is 5.60. The largest absolute Gasteiger partial charge is 0.466 e. The Hall–Kier alpha value is -2.06. The fourth-order valence-electron chi connectivity index (χ4n) is 3.46. The van der Waals surface area contributed by atoms with Gasteiger partial charge in [0.25, 0.3) is 0 Å². The number of aryl methyl sites for hydroxylation is 1. The molecule has 140 valence electrons. The van der Waals surface area contributed by atoms with Crippen molar-refractivity contribution in [3.8, 4) is 5.69 Å². The number of aromatic nitrogens is 4. The van der Waals surface area contributed by atoms with Crippen LogP contribution >= 0.6 is 12.2 Å². The van der Waals surface area contributed by atoms with Crippen molar-refractivity contribution < 1.29 is 14.4 Å². The zero-order valence-electron chi connectivity index (χ0n) is 15.6. The van der Waals surface area contributed by atoms with Crippen molar-refractivity contribution in [2.45, 2.75) is 40.3 Å². The first-order valence-electron chi connectivity index (χ1n) is 9.11. The molecule has 2 heterocycles. The van der Waals surface area contributed by atoms with Gasteiger partial charge in [0.1, 0.15) is 5.92 Å². The van der Waals surface area contributed by atoms with Crippen LogP contribution in [0.1, 0.15) is 30.9 Å². The van der Waals surface area contributed by atoms with E-state index in [1.54, 1.807) is 9.36 Å². The van der Waals surface area contributed by atoms with Gasteiger partial charge in [-0.2, -0.15) is 9.36 Å². The molecule has 1 N–H and O–H groups in total. The van der Waals surface area contributed by atoms with Crippen LogP contribution < -0.4 is 4.90 Å². The zero-order valence-corrected chi connectivity index (χ0v) is 16.4. The molecule has 1 aliphatic rings. The second kappa shape index (κ2) is 8.09. The van der Waals surface area contributed by atoms with Crippen molar-refractivity contribution >= 4 is 18.2 Å². The molecule has 1 aliphatic heterocycles. The van der Waals surface area contributed by atoms with Crippen LogP contribution in [-0.4, -0.2) is 45.5 Å². The van der Waals surface area contributed by atoms with Gasteiger partial charge in [0.05, 0.1) is 25.4 Å². The third kappa shape index (κ3) is 3.86. The van der Waals surface area contributed by atoms with Gasteiger partial charge in [-0.3, -0.25) is 4.79 Å². The molecular weight excluding hydrogens is 350 g/mol. The minimum absolute atomic E-state index is 0.0399. The number of piperidine rings is 1. The van der Waals surface area contributed by atoms with Gasteiger partial charge < -0.3 is 9.64 Å². The zero-order chi connectivity index (χ0) is 18.7. The maximum absolute atomic E-state index is 12.0. The SMILES string of the molecule is CCOC(=O)[C@H]1CCC[NH+](Cn2nnn(-c3cccc(C)c3C)c2=S)C1. The van der Waals surface area contributed by atoms with Crippen molar-refractivity contribution in [2.75, 3.05) is 19.7 Å². The quantitative estimate of drug-likeness (QED) is 0.628. The third-order valence-corrected chi connectivity index (χ3v) is 5.44. The first kappa shape index (κ1) is 18.7. The number of nitrogens with zero attached hydrogens (tertiary/aromatic N) is 4. The number of quaternary nitrogens is 1. The second-order valence-corrected chi connectivity index (χ2v) is 7.21. The van der Waals surface area contributed by atoms with Crippen LogP contribution in [0.25, 0.3) is 5.69 Å². The molecule has 26 heavy (non-hydrogen) atoms. The monoisotopic (exact) mass is 376 g/mol. The summed E-state index contributed by atoms with van der Waals surface area (Å²) in [6.45, 7) is 8.76. The summed E-state index contributed by atoms with van der Waals surface area (Å²) in [6.07, 6.45) is 1.89. The van der Waals surface area contributed by atoms with Gasteiger partial charge in [0, 0.05) is 0 Å². The standard InChI is InChI=1S/C18H25N5O2S/c1-4-25-17(24)15-8-6-10-21(11-15)12-22-18(26)23(20-19-22)16-9-5-7-13(2)14(16)3/h5,7,9,15H,4,6,8,10-12H2,1-3H3/p+1/t15-/m0/s1. The lowest BCUT2D eigenvalue weighted by molar-refractivity contribution is -0.930. The summed E-state index contributed by atoms with van der Waals surface area (Å²) in [5, 5.41) is 8.51. The molecule has 1 saturated heterocycles. The number of hydrogen-bond acceptors (Lipinski definition) is 5. The summed E-state index contributed by atoms with van der Waals surface area (Å²) in [6, 6.07) is 6.07. The van der Waals surface area contributed by atoms with E-state index in [1.165, 1.54) is 10.5 Å². The van der Waals surface area contributed by atoms with E-state index in [2.05, 4.69) is 30.3 Å². The van der Waals surface area contributed by atoms with E-state index in [0.717, 1.165) is 37.2 Å². The average molecular weight is 377 g/mol. The van der Waals surface area contributed by atoms with Crippen molar-refractivity contribution in [1.29, 1.82) is 0 Å². The molecular formula is C18H26N5O2S+. The van der Waals surface area contributed by atoms with Crippen LogP contribution in [0, 0.1) is 24.5 Å². The molecule has 0 spiro atoms. The van der Waals surface area contributed by atoms with Gasteiger partial charge in [0.15, 0.2) is 6.67 Å². The Morgan fingerprint density at radius 1 is 1.38 bits per heavy atom. The number of carbonyl (C=O) groups is 1. The smallest absolute Gasteiger partial charge is 0.314 e. The summed E-state index contributed by atoms with van der Waals surface area (Å²) < 4.78 is 9.21. The van der Waals surface area contributed by atoms with Gasteiger partial charge in [-0.05, 0) is 73.5 Å². The highest BCUT2D eigenvalue weighted by atomic mass is 32.1. The highest BCUT2D eigenvalue weighted by Crippen LogP contribution is 2.16. The predicted octanol–water partition coefficient (Wildman–Crippen LogP) is 1.23. The third-order valence-electron chi connectivity index (χ3n) is 5.05. The second-order valence-electron chi connectivity index (χ2n) is 6.85.